The number of esters is 1. The lowest BCUT2D eigenvalue weighted by atomic mass is 10.1. The molecular weight excluding hydrogens is 340 g/mol. The Bertz CT molecular complexity index is 883. The van der Waals surface area contributed by atoms with Gasteiger partial charge >= 0.3 is 5.97 Å². The molecule has 0 atom stereocenters. The van der Waals surface area contributed by atoms with Gasteiger partial charge in [-0.25, -0.2) is 4.79 Å². The molecule has 2 rings (SSSR count). The number of nitro benzene ring substituents is 1. The second-order valence-electron chi connectivity index (χ2n) is 5.06. The van der Waals surface area contributed by atoms with E-state index in [1.165, 1.54) is 23.9 Å². The SMILES string of the molecule is COC(=O)/C(C#N)=C\c1ccc(Sc2ccc(C)cc2)c([N+](=O)[O-])c1. The lowest BCUT2D eigenvalue weighted by Crippen LogP contribution is -2.02. The number of aryl methyl sites for hydroxylation is 1. The zero-order valence-electron chi connectivity index (χ0n) is 13.6. The monoisotopic (exact) mass is 354 g/mol. The predicted molar refractivity (Wildman–Crippen MR) is 94.0 cm³/mol. The molecule has 0 bridgehead atoms. The molecule has 0 saturated carbocycles. The van der Waals surface area contributed by atoms with Crippen LogP contribution in [0, 0.1) is 28.4 Å². The van der Waals surface area contributed by atoms with Crippen molar-refractivity contribution in [2.75, 3.05) is 7.11 Å². The number of carbonyl (C=O) groups excluding carboxylic acids is 1. The number of methoxy groups -OCH3 is 1. The lowest BCUT2D eigenvalue weighted by Gasteiger charge is -2.05. The third-order valence-corrected chi connectivity index (χ3v) is 4.34. The third kappa shape index (κ3) is 4.68. The van der Waals surface area contributed by atoms with Crippen molar-refractivity contribution in [3.05, 3.63) is 69.3 Å². The highest BCUT2D eigenvalue weighted by Crippen LogP contribution is 2.35. The number of hydrogen-bond acceptors (Lipinski definition) is 6. The molecule has 0 aliphatic rings. The number of ether oxygens (including phenoxy) is 1. The van der Waals surface area contributed by atoms with Gasteiger partial charge in [-0.2, -0.15) is 5.26 Å². The maximum atomic E-state index is 11.5. The zero-order valence-corrected chi connectivity index (χ0v) is 14.4. The quantitative estimate of drug-likeness (QED) is 0.263. The summed E-state index contributed by atoms with van der Waals surface area (Å²) in [6, 6.07) is 13.9. The fourth-order valence-corrected chi connectivity index (χ4v) is 2.90. The van der Waals surface area contributed by atoms with Crippen LogP contribution in [-0.4, -0.2) is 18.0 Å². The van der Waals surface area contributed by atoms with Crippen LogP contribution < -0.4 is 0 Å². The number of hydrogen-bond donors (Lipinski definition) is 0. The van der Waals surface area contributed by atoms with Crippen LogP contribution in [0.4, 0.5) is 5.69 Å². The van der Waals surface area contributed by atoms with Crippen molar-refractivity contribution in [3.8, 4) is 6.07 Å². The van der Waals surface area contributed by atoms with Crippen molar-refractivity contribution in [2.24, 2.45) is 0 Å². The van der Waals surface area contributed by atoms with Crippen LogP contribution in [-0.2, 0) is 9.53 Å². The normalized spacial score (nSPS) is 10.8. The summed E-state index contributed by atoms with van der Waals surface area (Å²) in [5.41, 5.74) is 1.16. The fraction of sp³-hybridized carbons (Fsp3) is 0.111. The molecule has 2 aromatic rings. The zero-order chi connectivity index (χ0) is 18.4. The second-order valence-corrected chi connectivity index (χ2v) is 6.18. The number of carbonyl (C=O) groups is 1. The molecule has 0 N–H and O–H groups in total. The average Bonchev–Trinajstić information content (AvgIpc) is 2.61. The first-order valence-corrected chi connectivity index (χ1v) is 7.99. The van der Waals surface area contributed by atoms with Crippen LogP contribution in [0.3, 0.4) is 0 Å². The summed E-state index contributed by atoms with van der Waals surface area (Å²) in [5.74, 6) is -0.789. The van der Waals surface area contributed by atoms with Gasteiger partial charge < -0.3 is 4.74 Å². The third-order valence-electron chi connectivity index (χ3n) is 3.27. The first kappa shape index (κ1) is 18.2. The molecule has 0 aliphatic heterocycles. The molecule has 0 aliphatic carbocycles. The van der Waals surface area contributed by atoms with Crippen molar-refractivity contribution in [1.82, 2.24) is 0 Å². The molecule has 0 amide bonds. The van der Waals surface area contributed by atoms with Crippen LogP contribution in [0.25, 0.3) is 6.08 Å². The summed E-state index contributed by atoms with van der Waals surface area (Å²) in [7, 11) is 1.16. The molecule has 0 aromatic heterocycles. The van der Waals surface area contributed by atoms with Crippen LogP contribution in [0.15, 0.2) is 57.8 Å². The van der Waals surface area contributed by atoms with Crippen LogP contribution in [0.5, 0.6) is 0 Å². The first-order chi connectivity index (χ1) is 11.9. The highest BCUT2D eigenvalue weighted by Gasteiger charge is 2.16. The lowest BCUT2D eigenvalue weighted by molar-refractivity contribution is -0.387. The highest BCUT2D eigenvalue weighted by atomic mass is 32.2. The van der Waals surface area contributed by atoms with Gasteiger partial charge in [0.15, 0.2) is 0 Å². The Hall–Kier alpha value is -3.11. The van der Waals surface area contributed by atoms with Crippen molar-refractivity contribution in [2.45, 2.75) is 16.7 Å². The molecule has 126 valence electrons. The minimum atomic E-state index is -0.789. The van der Waals surface area contributed by atoms with E-state index in [4.69, 9.17) is 5.26 Å². The Kier molecular flexibility index (Phi) is 5.93. The highest BCUT2D eigenvalue weighted by molar-refractivity contribution is 7.99. The first-order valence-electron chi connectivity index (χ1n) is 7.17. The summed E-state index contributed by atoms with van der Waals surface area (Å²) in [4.78, 5) is 23.7. The summed E-state index contributed by atoms with van der Waals surface area (Å²) in [5, 5.41) is 20.4. The number of nitro groups is 1. The Balaban J connectivity index is 2.39. The second kappa shape index (κ2) is 8.13. The van der Waals surface area contributed by atoms with E-state index in [1.807, 2.05) is 31.2 Å². The largest absolute Gasteiger partial charge is 0.465 e. The van der Waals surface area contributed by atoms with E-state index in [0.29, 0.717) is 10.5 Å². The van der Waals surface area contributed by atoms with E-state index in [2.05, 4.69) is 4.74 Å². The van der Waals surface area contributed by atoms with E-state index in [1.54, 1.807) is 18.2 Å². The van der Waals surface area contributed by atoms with Crippen LogP contribution in [0.1, 0.15) is 11.1 Å². The smallest absolute Gasteiger partial charge is 0.348 e. The van der Waals surface area contributed by atoms with E-state index in [0.717, 1.165) is 17.6 Å². The van der Waals surface area contributed by atoms with Gasteiger partial charge in [-0.05, 0) is 36.8 Å². The van der Waals surface area contributed by atoms with Gasteiger partial charge in [0, 0.05) is 11.0 Å². The minimum absolute atomic E-state index is 0.0959. The van der Waals surface area contributed by atoms with Gasteiger partial charge in [0.25, 0.3) is 5.69 Å². The van der Waals surface area contributed by atoms with Gasteiger partial charge in [0.05, 0.1) is 16.9 Å². The number of nitriles is 1. The Morgan fingerprint density at radius 3 is 2.52 bits per heavy atom. The maximum Gasteiger partial charge on any atom is 0.348 e. The Morgan fingerprint density at radius 2 is 1.96 bits per heavy atom. The number of nitrogens with zero attached hydrogens (tertiary/aromatic N) is 2. The molecule has 2 aromatic carbocycles. The molecule has 0 radical (unpaired) electrons. The molecular formula is C18H14N2O4S. The molecule has 25 heavy (non-hydrogen) atoms. The van der Waals surface area contributed by atoms with E-state index >= 15 is 0 Å². The molecule has 0 unspecified atom stereocenters. The number of benzene rings is 2. The van der Waals surface area contributed by atoms with Gasteiger partial charge in [0.2, 0.25) is 0 Å². The van der Waals surface area contributed by atoms with Crippen molar-refractivity contribution in [3.63, 3.8) is 0 Å². The van der Waals surface area contributed by atoms with Gasteiger partial charge in [-0.15, -0.1) is 0 Å². The maximum absolute atomic E-state index is 11.5. The summed E-state index contributed by atoms with van der Waals surface area (Å²) >= 11 is 1.28. The fourth-order valence-electron chi connectivity index (χ4n) is 2.00. The summed E-state index contributed by atoms with van der Waals surface area (Å²) in [6.07, 6.45) is 1.26. The molecule has 0 fully saturated rings. The Morgan fingerprint density at radius 1 is 1.28 bits per heavy atom. The number of rotatable bonds is 5. The molecule has 0 spiro atoms. The Labute approximate surface area is 148 Å². The minimum Gasteiger partial charge on any atom is -0.465 e. The van der Waals surface area contributed by atoms with Crippen LogP contribution >= 0.6 is 11.8 Å². The van der Waals surface area contributed by atoms with Crippen molar-refractivity contribution < 1.29 is 14.5 Å². The van der Waals surface area contributed by atoms with E-state index in [9.17, 15) is 14.9 Å². The molecule has 0 saturated heterocycles. The standard InChI is InChI=1S/C18H14N2O4S/c1-12-3-6-15(7-4-12)25-17-8-5-13(10-16(17)20(22)23)9-14(11-19)18(21)24-2/h3-10H,1-2H3/b14-9-. The average molecular weight is 354 g/mol. The van der Waals surface area contributed by atoms with Gasteiger partial charge in [0.1, 0.15) is 11.6 Å². The van der Waals surface area contributed by atoms with Crippen molar-refractivity contribution >= 4 is 29.5 Å². The van der Waals surface area contributed by atoms with Gasteiger partial charge in [-0.3, -0.25) is 10.1 Å². The van der Waals surface area contributed by atoms with Crippen LogP contribution in [0.2, 0.25) is 0 Å². The van der Waals surface area contributed by atoms with E-state index in [-0.39, 0.29) is 11.3 Å². The van der Waals surface area contributed by atoms with Gasteiger partial charge in [-0.1, -0.05) is 35.5 Å². The summed E-state index contributed by atoms with van der Waals surface area (Å²) < 4.78 is 4.50. The molecule has 0 heterocycles. The van der Waals surface area contributed by atoms with E-state index < -0.39 is 10.9 Å². The predicted octanol–water partition coefficient (Wildman–Crippen LogP) is 4.13. The molecule has 6 nitrogen and oxygen atoms in total. The topological polar surface area (TPSA) is 93.2 Å². The summed E-state index contributed by atoms with van der Waals surface area (Å²) in [6.45, 7) is 1.96. The molecule has 7 heteroatoms. The van der Waals surface area contributed by atoms with Crippen molar-refractivity contribution in [1.29, 1.82) is 5.26 Å².